The van der Waals surface area contributed by atoms with Crippen LogP contribution in [0.15, 0.2) is 72.9 Å². The Morgan fingerprint density at radius 2 is 1.68 bits per heavy atom. The summed E-state index contributed by atoms with van der Waals surface area (Å²) in [6.45, 7) is 3.89. The summed E-state index contributed by atoms with van der Waals surface area (Å²) in [6, 6.07) is 16.3. The molecule has 38 heavy (non-hydrogen) atoms. The van der Waals surface area contributed by atoms with Gasteiger partial charge in [0.05, 0.1) is 16.4 Å². The van der Waals surface area contributed by atoms with Crippen molar-refractivity contribution in [3.05, 3.63) is 100 Å². The highest BCUT2D eigenvalue weighted by molar-refractivity contribution is 6.31. The van der Waals surface area contributed by atoms with E-state index in [1.165, 1.54) is 47.4 Å². The highest BCUT2D eigenvalue weighted by Crippen LogP contribution is 2.27. The van der Waals surface area contributed by atoms with Crippen LogP contribution in [0.25, 0.3) is 16.9 Å². The summed E-state index contributed by atoms with van der Waals surface area (Å²) >= 11 is 12.0. The van der Waals surface area contributed by atoms with Crippen LogP contribution in [0.3, 0.4) is 0 Å². The number of nitrogens with one attached hydrogen (secondary N) is 1. The van der Waals surface area contributed by atoms with Crippen molar-refractivity contribution < 1.29 is 18.4 Å². The molecule has 1 N–H and O–H groups in total. The molecule has 3 aromatic carbocycles. The SMILES string of the molecule is CC(C)CN(CC(=O)Nc1nc(-c2ccc(Cl)cc2)cn1-c1ccc(F)c(Cl)c1)C(=O)c1ccc(F)cc1. The highest BCUT2D eigenvalue weighted by atomic mass is 35.5. The smallest absolute Gasteiger partial charge is 0.254 e. The van der Waals surface area contributed by atoms with Crippen molar-refractivity contribution in [2.45, 2.75) is 13.8 Å². The largest absolute Gasteiger partial charge is 0.329 e. The fraction of sp³-hybridized carbons (Fsp3) is 0.179. The predicted molar refractivity (Wildman–Crippen MR) is 145 cm³/mol. The monoisotopic (exact) mass is 556 g/mol. The first-order valence-electron chi connectivity index (χ1n) is 11.8. The summed E-state index contributed by atoms with van der Waals surface area (Å²) in [5, 5.41) is 3.23. The molecule has 0 spiro atoms. The van der Waals surface area contributed by atoms with Crippen LogP contribution in [0.5, 0.6) is 0 Å². The van der Waals surface area contributed by atoms with Gasteiger partial charge in [-0.05, 0) is 60.5 Å². The van der Waals surface area contributed by atoms with Crippen molar-refractivity contribution in [1.29, 1.82) is 0 Å². The number of benzene rings is 3. The third-order valence-electron chi connectivity index (χ3n) is 5.58. The Morgan fingerprint density at radius 1 is 1.00 bits per heavy atom. The summed E-state index contributed by atoms with van der Waals surface area (Å²) in [7, 11) is 0. The van der Waals surface area contributed by atoms with Crippen molar-refractivity contribution in [1.82, 2.24) is 14.5 Å². The summed E-state index contributed by atoms with van der Waals surface area (Å²) in [5.41, 5.74) is 2.01. The van der Waals surface area contributed by atoms with Crippen LogP contribution in [-0.2, 0) is 4.79 Å². The lowest BCUT2D eigenvalue weighted by molar-refractivity contribution is -0.117. The Labute approximate surface area is 228 Å². The molecule has 0 bridgehead atoms. The molecule has 0 unspecified atom stereocenters. The fourth-order valence-electron chi connectivity index (χ4n) is 3.83. The maximum Gasteiger partial charge on any atom is 0.254 e. The number of rotatable bonds is 8. The Morgan fingerprint density at radius 3 is 2.32 bits per heavy atom. The predicted octanol–water partition coefficient (Wildman–Crippen LogP) is 6.86. The molecule has 0 atom stereocenters. The van der Waals surface area contributed by atoms with Gasteiger partial charge in [0.15, 0.2) is 0 Å². The minimum atomic E-state index is -0.581. The minimum Gasteiger partial charge on any atom is -0.329 e. The number of imidazole rings is 1. The highest BCUT2D eigenvalue weighted by Gasteiger charge is 2.22. The molecule has 196 valence electrons. The summed E-state index contributed by atoms with van der Waals surface area (Å²) in [5.74, 6) is -1.71. The standard InChI is InChI=1S/C28H24Cl2F2N4O2/c1-17(2)14-35(27(38)19-5-9-21(31)10-6-19)16-26(37)34-28-33-25(18-3-7-20(29)8-4-18)15-36(28)22-11-12-24(32)23(30)13-22/h3-13,15,17H,14,16H2,1-2H3,(H,33,34,37). The van der Waals surface area contributed by atoms with E-state index >= 15 is 0 Å². The maximum absolute atomic E-state index is 13.8. The van der Waals surface area contributed by atoms with Crippen molar-refractivity contribution in [2.75, 3.05) is 18.4 Å². The number of hydrogen-bond acceptors (Lipinski definition) is 3. The second-order valence-electron chi connectivity index (χ2n) is 9.06. The summed E-state index contributed by atoms with van der Waals surface area (Å²) < 4.78 is 28.7. The molecule has 6 nitrogen and oxygen atoms in total. The number of halogens is 4. The van der Waals surface area contributed by atoms with E-state index in [2.05, 4.69) is 10.3 Å². The van der Waals surface area contributed by atoms with Gasteiger partial charge >= 0.3 is 0 Å². The first-order valence-corrected chi connectivity index (χ1v) is 12.5. The molecule has 0 saturated carbocycles. The van der Waals surface area contributed by atoms with Crippen LogP contribution in [-0.4, -0.2) is 39.4 Å². The van der Waals surface area contributed by atoms with Gasteiger partial charge in [-0.3, -0.25) is 19.5 Å². The molecular weight excluding hydrogens is 533 g/mol. The number of aromatic nitrogens is 2. The molecule has 2 amide bonds. The third-order valence-corrected chi connectivity index (χ3v) is 6.12. The van der Waals surface area contributed by atoms with E-state index in [-0.39, 0.29) is 29.0 Å². The van der Waals surface area contributed by atoms with E-state index in [1.807, 2.05) is 13.8 Å². The molecule has 0 saturated heterocycles. The molecule has 1 heterocycles. The number of anilines is 1. The topological polar surface area (TPSA) is 67.2 Å². The second-order valence-corrected chi connectivity index (χ2v) is 9.90. The lowest BCUT2D eigenvalue weighted by atomic mass is 10.1. The zero-order valence-electron chi connectivity index (χ0n) is 20.6. The first kappa shape index (κ1) is 27.3. The van der Waals surface area contributed by atoms with Crippen molar-refractivity contribution in [2.24, 2.45) is 5.92 Å². The summed E-state index contributed by atoms with van der Waals surface area (Å²) in [4.78, 5) is 32.2. The van der Waals surface area contributed by atoms with Gasteiger partial charge in [0.25, 0.3) is 5.91 Å². The van der Waals surface area contributed by atoms with E-state index in [0.29, 0.717) is 22.9 Å². The molecule has 0 aliphatic rings. The normalized spacial score (nSPS) is 11.0. The number of carbonyl (C=O) groups is 2. The van der Waals surface area contributed by atoms with Gasteiger partial charge in [-0.15, -0.1) is 0 Å². The quantitative estimate of drug-likeness (QED) is 0.257. The average molecular weight is 557 g/mol. The third kappa shape index (κ3) is 6.57. The van der Waals surface area contributed by atoms with Gasteiger partial charge in [0, 0.05) is 28.9 Å². The van der Waals surface area contributed by atoms with Crippen LogP contribution >= 0.6 is 23.2 Å². The Hall–Kier alpha value is -3.75. The van der Waals surface area contributed by atoms with Gasteiger partial charge in [-0.25, -0.2) is 13.8 Å². The molecule has 0 aliphatic carbocycles. The summed E-state index contributed by atoms with van der Waals surface area (Å²) in [6.07, 6.45) is 1.68. The van der Waals surface area contributed by atoms with E-state index < -0.39 is 23.4 Å². The number of nitrogens with zero attached hydrogens (tertiary/aromatic N) is 3. The van der Waals surface area contributed by atoms with Gasteiger partial charge in [0.1, 0.15) is 18.2 Å². The lowest BCUT2D eigenvalue weighted by Gasteiger charge is -2.24. The van der Waals surface area contributed by atoms with Crippen molar-refractivity contribution in [3.63, 3.8) is 0 Å². The molecule has 4 rings (SSSR count). The van der Waals surface area contributed by atoms with E-state index in [1.54, 1.807) is 35.0 Å². The maximum atomic E-state index is 13.8. The number of amides is 2. The van der Waals surface area contributed by atoms with Crippen LogP contribution in [0.4, 0.5) is 14.7 Å². The number of hydrogen-bond donors (Lipinski definition) is 1. The van der Waals surface area contributed by atoms with Crippen molar-refractivity contribution in [3.8, 4) is 16.9 Å². The molecule has 1 aromatic heterocycles. The zero-order chi connectivity index (χ0) is 27.4. The van der Waals surface area contributed by atoms with Crippen LogP contribution in [0.2, 0.25) is 10.0 Å². The van der Waals surface area contributed by atoms with E-state index in [9.17, 15) is 18.4 Å². The molecular formula is C28H24Cl2F2N4O2. The van der Waals surface area contributed by atoms with E-state index in [4.69, 9.17) is 23.2 Å². The molecule has 4 aromatic rings. The molecule has 0 aliphatic heterocycles. The number of carbonyl (C=O) groups excluding carboxylic acids is 2. The molecule has 0 radical (unpaired) electrons. The fourth-order valence-corrected chi connectivity index (χ4v) is 4.13. The van der Waals surface area contributed by atoms with Crippen LogP contribution < -0.4 is 5.32 Å². The van der Waals surface area contributed by atoms with Gasteiger partial charge < -0.3 is 4.90 Å². The van der Waals surface area contributed by atoms with Gasteiger partial charge in [-0.1, -0.05) is 49.2 Å². The Balaban J connectivity index is 1.64. The first-order chi connectivity index (χ1) is 18.1. The van der Waals surface area contributed by atoms with E-state index in [0.717, 1.165) is 5.56 Å². The zero-order valence-corrected chi connectivity index (χ0v) is 22.1. The molecule has 0 fully saturated rings. The Bertz CT molecular complexity index is 1450. The van der Waals surface area contributed by atoms with Gasteiger partial charge in [0.2, 0.25) is 11.9 Å². The van der Waals surface area contributed by atoms with Gasteiger partial charge in [-0.2, -0.15) is 0 Å². The average Bonchev–Trinajstić information content (AvgIpc) is 3.29. The van der Waals surface area contributed by atoms with Crippen molar-refractivity contribution >= 4 is 41.0 Å². The minimum absolute atomic E-state index is 0.0760. The second kappa shape index (κ2) is 11.8. The van der Waals surface area contributed by atoms with Crippen LogP contribution in [0, 0.1) is 17.6 Å². The lowest BCUT2D eigenvalue weighted by Crippen LogP contribution is -2.40. The molecule has 10 heteroatoms. The van der Waals surface area contributed by atoms with Crippen LogP contribution in [0.1, 0.15) is 24.2 Å². The Kier molecular flexibility index (Phi) is 8.44.